The van der Waals surface area contributed by atoms with E-state index in [1.165, 1.54) is 0 Å². The first-order valence-electron chi connectivity index (χ1n) is 5.19. The largest absolute Gasteiger partial charge is 0.392 e. The first kappa shape index (κ1) is 12.3. The average molecular weight is 217 g/mol. The number of hydrogen-bond acceptors (Lipinski definition) is 3. The fraction of sp³-hybridized carbons (Fsp3) is 0.231. The van der Waals surface area contributed by atoms with E-state index in [4.69, 9.17) is 5.11 Å². The van der Waals surface area contributed by atoms with Gasteiger partial charge in [0.25, 0.3) is 0 Å². The molecule has 84 valence electrons. The number of aliphatic hydroxyl groups excluding tert-OH is 1. The molecule has 0 amide bonds. The van der Waals surface area contributed by atoms with Gasteiger partial charge < -0.3 is 5.11 Å². The molecule has 0 saturated heterocycles. The van der Waals surface area contributed by atoms with E-state index in [2.05, 4.69) is 4.98 Å². The molecule has 0 aliphatic heterocycles. The van der Waals surface area contributed by atoms with Gasteiger partial charge in [0.15, 0.2) is 0 Å². The highest BCUT2D eigenvalue weighted by atomic mass is 16.3. The summed E-state index contributed by atoms with van der Waals surface area (Å²) in [6.45, 7) is 1.78. The fourth-order valence-corrected chi connectivity index (χ4v) is 1.34. The van der Waals surface area contributed by atoms with Crippen LogP contribution in [0.25, 0.3) is 5.57 Å². The van der Waals surface area contributed by atoms with Crippen LogP contribution in [-0.2, 0) is 4.79 Å². The zero-order valence-electron chi connectivity index (χ0n) is 9.26. The van der Waals surface area contributed by atoms with Crippen LogP contribution in [0.3, 0.4) is 0 Å². The Morgan fingerprint density at radius 3 is 2.62 bits per heavy atom. The normalized spacial score (nSPS) is 12.6. The molecule has 1 heterocycles. The maximum atomic E-state index is 10.6. The molecule has 3 nitrogen and oxygen atoms in total. The molecular formula is C13H15NO2. The lowest BCUT2D eigenvalue weighted by Crippen LogP contribution is -1.93. The van der Waals surface area contributed by atoms with Crippen LogP contribution in [0.15, 0.2) is 42.3 Å². The molecule has 0 bridgehead atoms. The molecule has 16 heavy (non-hydrogen) atoms. The van der Waals surface area contributed by atoms with Crippen LogP contribution in [-0.4, -0.2) is 23.0 Å². The van der Waals surface area contributed by atoms with Gasteiger partial charge in [-0.05, 0) is 35.8 Å². The van der Waals surface area contributed by atoms with Crippen molar-refractivity contribution in [3.05, 3.63) is 47.8 Å². The van der Waals surface area contributed by atoms with E-state index in [1.807, 2.05) is 25.1 Å². The summed E-state index contributed by atoms with van der Waals surface area (Å²) in [6, 6.07) is 3.75. The highest BCUT2D eigenvalue weighted by molar-refractivity contribution is 5.83. The van der Waals surface area contributed by atoms with Crippen LogP contribution in [0.2, 0.25) is 0 Å². The van der Waals surface area contributed by atoms with Crippen molar-refractivity contribution in [3.8, 4) is 0 Å². The molecule has 0 unspecified atom stereocenters. The van der Waals surface area contributed by atoms with Crippen LogP contribution in [0.4, 0.5) is 0 Å². The number of carbonyl (C=O) groups is 1. The third kappa shape index (κ3) is 3.44. The van der Waals surface area contributed by atoms with Gasteiger partial charge in [-0.25, -0.2) is 0 Å². The summed E-state index contributed by atoms with van der Waals surface area (Å²) in [5.41, 5.74) is 2.29. The number of carbonyl (C=O) groups excluding carboxylic acids is 1. The van der Waals surface area contributed by atoms with E-state index in [-0.39, 0.29) is 6.61 Å². The minimum atomic E-state index is -0.240. The fourth-order valence-electron chi connectivity index (χ4n) is 1.34. The second kappa shape index (κ2) is 6.69. The predicted molar refractivity (Wildman–Crippen MR) is 63.7 cm³/mol. The Morgan fingerprint density at radius 1 is 1.44 bits per heavy atom. The molecule has 1 aromatic heterocycles. The first-order chi connectivity index (χ1) is 7.81. The number of aldehydes is 1. The first-order valence-corrected chi connectivity index (χ1v) is 5.19. The Kier molecular flexibility index (Phi) is 5.16. The molecule has 0 saturated carbocycles. The van der Waals surface area contributed by atoms with Gasteiger partial charge in [-0.15, -0.1) is 0 Å². The standard InChI is InChI=1S/C13H15NO2/c1-2-3-13(8-11(9-15)10-16)12-4-6-14-7-5-12/h3-9,16H,2,10H2,1H3/b11-8-,13-3+. The average Bonchev–Trinajstić information content (AvgIpc) is 2.35. The maximum Gasteiger partial charge on any atom is 0.148 e. The third-order valence-electron chi connectivity index (χ3n) is 2.11. The number of nitrogens with zero attached hydrogens (tertiary/aromatic N) is 1. The Hall–Kier alpha value is -1.74. The minimum absolute atomic E-state index is 0.240. The molecule has 1 rings (SSSR count). The van der Waals surface area contributed by atoms with Gasteiger partial charge in [-0.1, -0.05) is 13.0 Å². The predicted octanol–water partition coefficient (Wildman–Crippen LogP) is 1.99. The van der Waals surface area contributed by atoms with Crippen LogP contribution in [0.5, 0.6) is 0 Å². The van der Waals surface area contributed by atoms with Crippen molar-refractivity contribution in [3.63, 3.8) is 0 Å². The van der Waals surface area contributed by atoms with Crippen molar-refractivity contribution >= 4 is 11.9 Å². The summed E-state index contributed by atoms with van der Waals surface area (Å²) < 4.78 is 0. The molecule has 0 spiro atoms. The highest BCUT2D eigenvalue weighted by Crippen LogP contribution is 2.17. The van der Waals surface area contributed by atoms with Crippen molar-refractivity contribution in [2.75, 3.05) is 6.61 Å². The number of pyridine rings is 1. The monoisotopic (exact) mass is 217 g/mol. The second-order valence-corrected chi connectivity index (χ2v) is 3.30. The second-order valence-electron chi connectivity index (χ2n) is 3.30. The number of rotatable bonds is 5. The van der Waals surface area contributed by atoms with Crippen molar-refractivity contribution in [1.29, 1.82) is 0 Å². The van der Waals surface area contributed by atoms with Crippen molar-refractivity contribution in [2.45, 2.75) is 13.3 Å². The summed E-state index contributed by atoms with van der Waals surface area (Å²) >= 11 is 0. The minimum Gasteiger partial charge on any atom is -0.392 e. The number of aromatic nitrogens is 1. The van der Waals surface area contributed by atoms with Crippen LogP contribution in [0.1, 0.15) is 18.9 Å². The molecule has 1 N–H and O–H groups in total. The summed E-state index contributed by atoms with van der Waals surface area (Å²) in [5.74, 6) is 0. The Balaban J connectivity index is 3.07. The number of allylic oxidation sites excluding steroid dienone is 3. The zero-order chi connectivity index (χ0) is 11.8. The third-order valence-corrected chi connectivity index (χ3v) is 2.11. The molecule has 0 aliphatic rings. The van der Waals surface area contributed by atoms with Crippen LogP contribution in [0, 0.1) is 0 Å². The van der Waals surface area contributed by atoms with E-state index in [0.29, 0.717) is 11.9 Å². The van der Waals surface area contributed by atoms with E-state index >= 15 is 0 Å². The van der Waals surface area contributed by atoms with E-state index in [0.717, 1.165) is 17.6 Å². The van der Waals surface area contributed by atoms with Crippen molar-refractivity contribution < 1.29 is 9.90 Å². The van der Waals surface area contributed by atoms with Gasteiger partial charge in [0.05, 0.1) is 6.61 Å². The molecule has 0 atom stereocenters. The van der Waals surface area contributed by atoms with Gasteiger partial charge in [0, 0.05) is 18.0 Å². The Bertz CT molecular complexity index is 394. The molecule has 0 radical (unpaired) electrons. The highest BCUT2D eigenvalue weighted by Gasteiger charge is 2.00. The molecule has 0 fully saturated rings. The lowest BCUT2D eigenvalue weighted by Gasteiger charge is -2.03. The molecule has 0 aromatic carbocycles. The molecule has 3 heteroatoms. The van der Waals surface area contributed by atoms with Crippen molar-refractivity contribution in [2.24, 2.45) is 0 Å². The number of aliphatic hydroxyl groups is 1. The van der Waals surface area contributed by atoms with Gasteiger partial charge in [0.2, 0.25) is 0 Å². The van der Waals surface area contributed by atoms with Gasteiger partial charge in [-0.2, -0.15) is 0 Å². The van der Waals surface area contributed by atoms with Crippen LogP contribution >= 0.6 is 0 Å². The van der Waals surface area contributed by atoms with E-state index in [9.17, 15) is 4.79 Å². The van der Waals surface area contributed by atoms with Gasteiger partial charge >= 0.3 is 0 Å². The zero-order valence-corrected chi connectivity index (χ0v) is 9.26. The number of hydrogen-bond donors (Lipinski definition) is 1. The smallest absolute Gasteiger partial charge is 0.148 e. The van der Waals surface area contributed by atoms with E-state index < -0.39 is 0 Å². The van der Waals surface area contributed by atoms with Gasteiger partial charge in [0.1, 0.15) is 6.29 Å². The summed E-state index contributed by atoms with van der Waals surface area (Å²) in [5, 5.41) is 8.95. The summed E-state index contributed by atoms with van der Waals surface area (Å²) in [6.07, 6.45) is 8.65. The SMILES string of the molecule is CC/C=C(\C=C(\C=O)CO)c1ccncc1. The summed E-state index contributed by atoms with van der Waals surface area (Å²) in [4.78, 5) is 14.6. The maximum absolute atomic E-state index is 10.6. The topological polar surface area (TPSA) is 50.2 Å². The van der Waals surface area contributed by atoms with E-state index in [1.54, 1.807) is 18.5 Å². The van der Waals surface area contributed by atoms with Crippen molar-refractivity contribution in [1.82, 2.24) is 4.98 Å². The molecular weight excluding hydrogens is 202 g/mol. The lowest BCUT2D eigenvalue weighted by molar-refractivity contribution is -0.105. The molecule has 0 aliphatic carbocycles. The Labute approximate surface area is 95.1 Å². The van der Waals surface area contributed by atoms with Crippen LogP contribution < -0.4 is 0 Å². The Morgan fingerprint density at radius 2 is 2.12 bits per heavy atom. The summed E-state index contributed by atoms with van der Waals surface area (Å²) in [7, 11) is 0. The lowest BCUT2D eigenvalue weighted by atomic mass is 10.0. The van der Waals surface area contributed by atoms with Gasteiger partial charge in [-0.3, -0.25) is 9.78 Å². The quantitative estimate of drug-likeness (QED) is 0.466. The molecule has 1 aromatic rings.